The topological polar surface area (TPSA) is 81.8 Å². The zero-order valence-corrected chi connectivity index (χ0v) is 18.0. The second-order valence-electron chi connectivity index (χ2n) is 10.1. The Morgan fingerprint density at radius 3 is 2.68 bits per heavy atom. The molecule has 0 saturated heterocycles. The third kappa shape index (κ3) is 4.45. The second kappa shape index (κ2) is 7.33. The number of carbonyl (C=O) groups is 1. The molecule has 3 rings (SSSR count). The van der Waals surface area contributed by atoms with Gasteiger partial charge >= 0.3 is 0 Å². The van der Waals surface area contributed by atoms with Gasteiger partial charge in [0.25, 0.3) is 5.56 Å². The van der Waals surface area contributed by atoms with Crippen LogP contribution in [-0.4, -0.2) is 31.3 Å². The van der Waals surface area contributed by atoms with E-state index >= 15 is 0 Å². The summed E-state index contributed by atoms with van der Waals surface area (Å²) in [5.74, 6) is 0.606. The number of nitrogens with zero attached hydrogens (tertiary/aromatic N) is 4. The maximum atomic E-state index is 12.7. The molecule has 1 aliphatic rings. The van der Waals surface area contributed by atoms with Crippen molar-refractivity contribution >= 4 is 16.9 Å². The molecule has 2 heterocycles. The largest absolute Gasteiger partial charge is 0.353 e. The van der Waals surface area contributed by atoms with Crippen LogP contribution >= 0.6 is 0 Å². The van der Waals surface area contributed by atoms with Gasteiger partial charge in [0.2, 0.25) is 5.91 Å². The van der Waals surface area contributed by atoms with E-state index in [9.17, 15) is 9.59 Å². The Hall–Kier alpha value is -2.18. The summed E-state index contributed by atoms with van der Waals surface area (Å²) in [4.78, 5) is 29.6. The average Bonchev–Trinajstić information content (AvgIpc) is 2.97. The standard InChI is InChI=1S/C21H33N5O2/c1-14-9-15(11-21(5,6)10-14)24-17(27)7-8-25-13-22-18-16(19(25)28)12-23-26(18)20(2,3)4/h12-15H,7-11H2,1-6H3,(H,24,27). The molecule has 2 aromatic heterocycles. The Labute approximate surface area is 166 Å². The second-order valence-corrected chi connectivity index (χ2v) is 10.1. The van der Waals surface area contributed by atoms with Gasteiger partial charge in [-0.25, -0.2) is 9.67 Å². The van der Waals surface area contributed by atoms with Gasteiger partial charge in [0.05, 0.1) is 18.1 Å². The van der Waals surface area contributed by atoms with Crippen LogP contribution in [0.4, 0.5) is 0 Å². The van der Waals surface area contributed by atoms with Crippen LogP contribution < -0.4 is 10.9 Å². The van der Waals surface area contributed by atoms with Crippen molar-refractivity contribution in [2.24, 2.45) is 11.3 Å². The molecule has 2 unspecified atom stereocenters. The van der Waals surface area contributed by atoms with Gasteiger partial charge in [-0.1, -0.05) is 20.8 Å². The van der Waals surface area contributed by atoms with Gasteiger partial charge in [0, 0.05) is 19.0 Å². The van der Waals surface area contributed by atoms with E-state index in [0.717, 1.165) is 12.8 Å². The Kier molecular flexibility index (Phi) is 5.38. The molecule has 28 heavy (non-hydrogen) atoms. The summed E-state index contributed by atoms with van der Waals surface area (Å²) in [6.45, 7) is 13.2. The highest BCUT2D eigenvalue weighted by Crippen LogP contribution is 2.38. The lowest BCUT2D eigenvalue weighted by molar-refractivity contribution is -0.122. The molecule has 2 aromatic rings. The quantitative estimate of drug-likeness (QED) is 0.874. The summed E-state index contributed by atoms with van der Waals surface area (Å²) in [5, 5.41) is 7.97. The Balaban J connectivity index is 1.66. The van der Waals surface area contributed by atoms with Crippen LogP contribution in [0.25, 0.3) is 11.0 Å². The molecule has 0 bridgehead atoms. The van der Waals surface area contributed by atoms with Crippen LogP contribution in [0, 0.1) is 11.3 Å². The molecule has 0 aromatic carbocycles. The summed E-state index contributed by atoms with van der Waals surface area (Å²) >= 11 is 0. The zero-order valence-electron chi connectivity index (χ0n) is 18.0. The van der Waals surface area contributed by atoms with Crippen LogP contribution in [0.2, 0.25) is 0 Å². The van der Waals surface area contributed by atoms with Gasteiger partial charge in [-0.15, -0.1) is 0 Å². The number of fused-ring (bicyclic) bond motifs is 1. The van der Waals surface area contributed by atoms with Crippen molar-refractivity contribution in [3.63, 3.8) is 0 Å². The van der Waals surface area contributed by atoms with E-state index in [-0.39, 0.29) is 34.9 Å². The summed E-state index contributed by atoms with van der Waals surface area (Å²) < 4.78 is 3.26. The van der Waals surface area contributed by atoms with Crippen molar-refractivity contribution in [2.75, 3.05) is 0 Å². The van der Waals surface area contributed by atoms with Crippen molar-refractivity contribution in [2.45, 2.75) is 85.4 Å². The smallest absolute Gasteiger partial charge is 0.264 e. The van der Waals surface area contributed by atoms with Gasteiger partial charge in [0.15, 0.2) is 5.65 Å². The molecule has 0 aliphatic heterocycles. The molecule has 0 spiro atoms. The lowest BCUT2D eigenvalue weighted by atomic mass is 9.70. The predicted molar refractivity (Wildman–Crippen MR) is 110 cm³/mol. The molecule has 7 heteroatoms. The van der Waals surface area contributed by atoms with E-state index in [2.05, 4.69) is 36.2 Å². The van der Waals surface area contributed by atoms with Crippen molar-refractivity contribution in [3.8, 4) is 0 Å². The Bertz CT molecular complexity index is 919. The molecule has 1 aliphatic carbocycles. The molecule has 1 fully saturated rings. The summed E-state index contributed by atoms with van der Waals surface area (Å²) in [6, 6.07) is 0.216. The van der Waals surface area contributed by atoms with E-state index in [1.807, 2.05) is 20.8 Å². The number of aryl methyl sites for hydroxylation is 1. The molecule has 2 atom stereocenters. The van der Waals surface area contributed by atoms with E-state index in [0.29, 0.717) is 23.5 Å². The van der Waals surface area contributed by atoms with Crippen molar-refractivity contribution in [1.29, 1.82) is 0 Å². The fourth-order valence-corrected chi connectivity index (χ4v) is 4.58. The molecule has 0 radical (unpaired) electrons. The first-order chi connectivity index (χ1) is 13.0. The number of amides is 1. The van der Waals surface area contributed by atoms with Crippen molar-refractivity contribution < 1.29 is 4.79 Å². The van der Waals surface area contributed by atoms with Crippen molar-refractivity contribution in [1.82, 2.24) is 24.6 Å². The SMILES string of the molecule is CC1CC(NC(=O)CCn2cnc3c(cnn3C(C)(C)C)c2=O)CC(C)(C)C1. The maximum Gasteiger partial charge on any atom is 0.264 e. The lowest BCUT2D eigenvalue weighted by Crippen LogP contribution is -2.43. The highest BCUT2D eigenvalue weighted by atomic mass is 16.2. The minimum atomic E-state index is -0.252. The molecular weight excluding hydrogens is 354 g/mol. The highest BCUT2D eigenvalue weighted by Gasteiger charge is 2.32. The molecule has 7 nitrogen and oxygen atoms in total. The lowest BCUT2D eigenvalue weighted by Gasteiger charge is -2.39. The van der Waals surface area contributed by atoms with E-state index in [4.69, 9.17) is 0 Å². The van der Waals surface area contributed by atoms with Gasteiger partial charge in [-0.3, -0.25) is 14.2 Å². The minimum absolute atomic E-state index is 0.00714. The number of nitrogens with one attached hydrogen (secondary N) is 1. The predicted octanol–water partition coefficient (Wildman–Crippen LogP) is 3.07. The van der Waals surface area contributed by atoms with E-state index < -0.39 is 0 Å². The third-order valence-corrected chi connectivity index (χ3v) is 5.52. The molecule has 1 saturated carbocycles. The summed E-state index contributed by atoms with van der Waals surface area (Å²) in [6.07, 6.45) is 6.58. The summed E-state index contributed by atoms with van der Waals surface area (Å²) in [7, 11) is 0. The fourth-order valence-electron chi connectivity index (χ4n) is 4.58. The molecule has 1 amide bonds. The first-order valence-electron chi connectivity index (χ1n) is 10.2. The van der Waals surface area contributed by atoms with Gasteiger partial charge in [-0.2, -0.15) is 5.10 Å². The normalized spacial score (nSPS) is 22.4. The zero-order chi connectivity index (χ0) is 20.7. The van der Waals surface area contributed by atoms with E-state index in [1.165, 1.54) is 17.3 Å². The molecule has 154 valence electrons. The fraction of sp³-hybridized carbons (Fsp3) is 0.714. The van der Waals surface area contributed by atoms with Gasteiger partial charge in [-0.05, 0) is 51.4 Å². The number of hydrogen-bond donors (Lipinski definition) is 1. The first kappa shape index (κ1) is 20.6. The van der Waals surface area contributed by atoms with Crippen LogP contribution in [0.15, 0.2) is 17.3 Å². The monoisotopic (exact) mass is 387 g/mol. The van der Waals surface area contributed by atoms with Gasteiger partial charge in [0.1, 0.15) is 5.39 Å². The number of hydrogen-bond acceptors (Lipinski definition) is 4. The number of carbonyl (C=O) groups excluding carboxylic acids is 1. The highest BCUT2D eigenvalue weighted by molar-refractivity contribution is 5.76. The number of rotatable bonds is 4. The van der Waals surface area contributed by atoms with Crippen molar-refractivity contribution in [3.05, 3.63) is 22.9 Å². The Morgan fingerprint density at radius 2 is 2.04 bits per heavy atom. The molecular formula is C21H33N5O2. The van der Waals surface area contributed by atoms with E-state index in [1.54, 1.807) is 10.9 Å². The molecule has 1 N–H and O–H groups in total. The first-order valence-corrected chi connectivity index (χ1v) is 10.2. The third-order valence-electron chi connectivity index (χ3n) is 5.52. The maximum absolute atomic E-state index is 12.7. The Morgan fingerprint density at radius 1 is 1.32 bits per heavy atom. The summed E-state index contributed by atoms with van der Waals surface area (Å²) in [5.41, 5.74) is 0.435. The van der Waals surface area contributed by atoms with Crippen LogP contribution in [0.5, 0.6) is 0 Å². The van der Waals surface area contributed by atoms with Crippen LogP contribution in [0.1, 0.15) is 67.2 Å². The van der Waals surface area contributed by atoms with Crippen LogP contribution in [0.3, 0.4) is 0 Å². The van der Waals surface area contributed by atoms with Crippen LogP contribution in [-0.2, 0) is 16.9 Å². The minimum Gasteiger partial charge on any atom is -0.353 e. The van der Waals surface area contributed by atoms with Gasteiger partial charge < -0.3 is 5.32 Å². The average molecular weight is 388 g/mol. The number of aromatic nitrogens is 4.